The quantitative estimate of drug-likeness (QED) is 0.824. The highest BCUT2D eigenvalue weighted by atomic mass is 79.9. The van der Waals surface area contributed by atoms with E-state index in [0.29, 0.717) is 35.4 Å². The van der Waals surface area contributed by atoms with Crippen LogP contribution >= 0.6 is 28.3 Å². The van der Waals surface area contributed by atoms with E-state index in [-0.39, 0.29) is 24.1 Å². The largest absolute Gasteiger partial charge is 0.352 e. The zero-order valence-corrected chi connectivity index (χ0v) is 14.7. The minimum atomic E-state index is -0.295. The van der Waals surface area contributed by atoms with Crippen molar-refractivity contribution >= 4 is 34.2 Å². The van der Waals surface area contributed by atoms with Crippen molar-refractivity contribution in [3.63, 3.8) is 0 Å². The first-order valence-electron chi connectivity index (χ1n) is 7.57. The van der Waals surface area contributed by atoms with Crippen LogP contribution in [0.1, 0.15) is 37.7 Å². The summed E-state index contributed by atoms with van der Waals surface area (Å²) < 4.78 is 13.8. The lowest BCUT2D eigenvalue weighted by molar-refractivity contribution is -0.122. The zero-order valence-electron chi connectivity index (χ0n) is 12.3. The van der Waals surface area contributed by atoms with Crippen LogP contribution in [0.2, 0.25) is 0 Å². The van der Waals surface area contributed by atoms with Crippen LogP contribution in [-0.4, -0.2) is 18.0 Å². The SMILES string of the molecule is Cl.O=C(CC1CC2CCC(C1)N2)NCc1ccc(Br)c(F)c1. The van der Waals surface area contributed by atoms with Crippen molar-refractivity contribution in [2.45, 2.75) is 50.7 Å². The van der Waals surface area contributed by atoms with Crippen LogP contribution in [0.4, 0.5) is 4.39 Å². The molecule has 2 heterocycles. The number of carbonyl (C=O) groups excluding carboxylic acids is 1. The van der Waals surface area contributed by atoms with Gasteiger partial charge in [-0.2, -0.15) is 0 Å². The number of hydrogen-bond acceptors (Lipinski definition) is 2. The molecule has 2 aliphatic heterocycles. The minimum absolute atomic E-state index is 0. The fourth-order valence-corrected chi connectivity index (χ4v) is 3.77. The lowest BCUT2D eigenvalue weighted by Crippen LogP contribution is -2.39. The molecule has 2 N–H and O–H groups in total. The van der Waals surface area contributed by atoms with Gasteiger partial charge in [-0.25, -0.2) is 4.39 Å². The second-order valence-electron chi connectivity index (χ2n) is 6.20. The number of amides is 1. The molecule has 2 atom stereocenters. The summed E-state index contributed by atoms with van der Waals surface area (Å²) in [5.74, 6) is 0.270. The van der Waals surface area contributed by atoms with Crippen molar-refractivity contribution in [3.05, 3.63) is 34.1 Å². The van der Waals surface area contributed by atoms with E-state index in [1.54, 1.807) is 6.07 Å². The average molecular weight is 392 g/mol. The van der Waals surface area contributed by atoms with Gasteiger partial charge in [0.1, 0.15) is 5.82 Å². The lowest BCUT2D eigenvalue weighted by atomic mass is 9.89. The molecular weight excluding hydrogens is 371 g/mol. The van der Waals surface area contributed by atoms with Crippen LogP contribution < -0.4 is 10.6 Å². The first kappa shape index (κ1) is 17.7. The maximum Gasteiger partial charge on any atom is 0.220 e. The molecule has 1 aromatic rings. The smallest absolute Gasteiger partial charge is 0.220 e. The van der Waals surface area contributed by atoms with E-state index in [2.05, 4.69) is 26.6 Å². The van der Waals surface area contributed by atoms with Crippen molar-refractivity contribution in [2.24, 2.45) is 5.92 Å². The average Bonchev–Trinajstić information content (AvgIpc) is 2.79. The summed E-state index contributed by atoms with van der Waals surface area (Å²) in [6.45, 7) is 0.390. The van der Waals surface area contributed by atoms with Crippen LogP contribution in [-0.2, 0) is 11.3 Å². The summed E-state index contributed by atoms with van der Waals surface area (Å²) in [6, 6.07) is 6.17. The maximum absolute atomic E-state index is 13.4. The van der Waals surface area contributed by atoms with E-state index >= 15 is 0 Å². The number of benzene rings is 1. The van der Waals surface area contributed by atoms with Gasteiger partial charge in [0, 0.05) is 25.0 Å². The molecule has 2 unspecified atom stereocenters. The Labute approximate surface area is 145 Å². The Kier molecular flexibility index (Phi) is 6.24. The van der Waals surface area contributed by atoms with E-state index in [0.717, 1.165) is 18.4 Å². The maximum atomic E-state index is 13.4. The second kappa shape index (κ2) is 7.75. The Morgan fingerprint density at radius 1 is 1.32 bits per heavy atom. The summed E-state index contributed by atoms with van der Waals surface area (Å²) >= 11 is 3.12. The first-order chi connectivity index (χ1) is 10.1. The Morgan fingerprint density at radius 3 is 2.64 bits per heavy atom. The lowest BCUT2D eigenvalue weighted by Gasteiger charge is -2.28. The van der Waals surface area contributed by atoms with Gasteiger partial charge in [-0.3, -0.25) is 4.79 Å². The van der Waals surface area contributed by atoms with E-state index in [1.165, 1.54) is 18.9 Å². The third-order valence-electron chi connectivity index (χ3n) is 4.52. The highest BCUT2D eigenvalue weighted by molar-refractivity contribution is 9.10. The summed E-state index contributed by atoms with van der Waals surface area (Å²) in [4.78, 5) is 12.0. The predicted molar refractivity (Wildman–Crippen MR) is 90.5 cm³/mol. The molecule has 122 valence electrons. The molecule has 2 bridgehead atoms. The molecule has 2 fully saturated rings. The molecule has 6 heteroatoms. The highest BCUT2D eigenvalue weighted by Gasteiger charge is 2.34. The standard InChI is InChI=1S/C16H20BrFN2O.ClH/c17-14-4-1-10(7-15(14)18)9-19-16(21)8-11-5-12-2-3-13(6-11)20-12;/h1,4,7,11-13,20H,2-3,5-6,8-9H2,(H,19,21);1H. The Bertz CT molecular complexity index is 531. The Balaban J connectivity index is 0.00000176. The molecule has 1 aromatic carbocycles. The van der Waals surface area contributed by atoms with Crippen molar-refractivity contribution in [1.82, 2.24) is 10.6 Å². The van der Waals surface area contributed by atoms with Crippen molar-refractivity contribution in [1.29, 1.82) is 0 Å². The first-order valence-corrected chi connectivity index (χ1v) is 8.36. The Morgan fingerprint density at radius 2 is 2.00 bits per heavy atom. The molecular formula is C16H21BrClFN2O. The number of piperidine rings is 1. The van der Waals surface area contributed by atoms with Crippen LogP contribution in [0, 0.1) is 11.7 Å². The van der Waals surface area contributed by atoms with Gasteiger partial charge < -0.3 is 10.6 Å². The second-order valence-corrected chi connectivity index (χ2v) is 7.06. The summed E-state index contributed by atoms with van der Waals surface area (Å²) in [5, 5.41) is 6.49. The topological polar surface area (TPSA) is 41.1 Å². The molecule has 0 saturated carbocycles. The number of rotatable bonds is 4. The summed E-state index contributed by atoms with van der Waals surface area (Å²) in [7, 11) is 0. The molecule has 22 heavy (non-hydrogen) atoms. The van der Waals surface area contributed by atoms with E-state index in [4.69, 9.17) is 0 Å². The van der Waals surface area contributed by atoms with Gasteiger partial charge in [-0.05, 0) is 65.2 Å². The molecule has 3 rings (SSSR count). The zero-order chi connectivity index (χ0) is 14.8. The molecule has 0 aromatic heterocycles. The van der Waals surface area contributed by atoms with Crippen LogP contribution in [0.15, 0.2) is 22.7 Å². The van der Waals surface area contributed by atoms with Gasteiger partial charge in [0.15, 0.2) is 0 Å². The molecule has 0 aliphatic carbocycles. The van der Waals surface area contributed by atoms with Gasteiger partial charge in [-0.1, -0.05) is 6.07 Å². The number of nitrogens with one attached hydrogen (secondary N) is 2. The fourth-order valence-electron chi connectivity index (χ4n) is 3.53. The predicted octanol–water partition coefficient (Wildman–Crippen LogP) is 3.55. The molecule has 2 saturated heterocycles. The van der Waals surface area contributed by atoms with E-state index in [1.807, 2.05) is 6.07 Å². The van der Waals surface area contributed by atoms with Crippen molar-refractivity contribution in [2.75, 3.05) is 0 Å². The number of carbonyl (C=O) groups is 1. The number of fused-ring (bicyclic) bond motifs is 2. The molecule has 3 nitrogen and oxygen atoms in total. The van der Waals surface area contributed by atoms with Gasteiger partial charge in [-0.15, -0.1) is 12.4 Å². The molecule has 0 spiro atoms. The number of hydrogen-bond donors (Lipinski definition) is 2. The van der Waals surface area contributed by atoms with Gasteiger partial charge in [0.25, 0.3) is 0 Å². The van der Waals surface area contributed by atoms with Gasteiger partial charge in [0.05, 0.1) is 4.47 Å². The molecule has 0 radical (unpaired) electrons. The monoisotopic (exact) mass is 390 g/mol. The van der Waals surface area contributed by atoms with E-state index < -0.39 is 0 Å². The van der Waals surface area contributed by atoms with Crippen LogP contribution in [0.3, 0.4) is 0 Å². The van der Waals surface area contributed by atoms with Crippen molar-refractivity contribution in [3.8, 4) is 0 Å². The van der Waals surface area contributed by atoms with Gasteiger partial charge >= 0.3 is 0 Å². The highest BCUT2D eigenvalue weighted by Crippen LogP contribution is 2.32. The minimum Gasteiger partial charge on any atom is -0.352 e. The fraction of sp³-hybridized carbons (Fsp3) is 0.562. The van der Waals surface area contributed by atoms with E-state index in [9.17, 15) is 9.18 Å². The van der Waals surface area contributed by atoms with Crippen LogP contribution in [0.25, 0.3) is 0 Å². The third kappa shape index (κ3) is 4.43. The normalized spacial score (nSPS) is 26.4. The van der Waals surface area contributed by atoms with Crippen molar-refractivity contribution < 1.29 is 9.18 Å². The summed E-state index contributed by atoms with van der Waals surface area (Å²) in [6.07, 6.45) is 5.31. The van der Waals surface area contributed by atoms with Gasteiger partial charge in [0.2, 0.25) is 5.91 Å². The number of halogens is 3. The molecule has 2 aliphatic rings. The summed E-state index contributed by atoms with van der Waals surface area (Å²) in [5.41, 5.74) is 0.787. The molecule has 1 amide bonds. The third-order valence-corrected chi connectivity index (χ3v) is 5.16. The van der Waals surface area contributed by atoms with Crippen LogP contribution in [0.5, 0.6) is 0 Å². The Hall–Kier alpha value is -0.650.